The van der Waals surface area contributed by atoms with Crippen LogP contribution in [0.1, 0.15) is 36.8 Å². The molecule has 0 radical (unpaired) electrons. The van der Waals surface area contributed by atoms with Crippen molar-refractivity contribution in [3.63, 3.8) is 0 Å². The Morgan fingerprint density at radius 1 is 0.658 bits per heavy atom. The van der Waals surface area contributed by atoms with Crippen molar-refractivity contribution in [3.8, 4) is 36.2 Å². The molecule has 0 fully saturated rings. The molecule has 2 rings (SSSR count). The second kappa shape index (κ2) is 17.5. The van der Waals surface area contributed by atoms with Crippen molar-refractivity contribution in [1.29, 1.82) is 0 Å². The molecule has 2 unspecified atom stereocenters. The van der Waals surface area contributed by atoms with Gasteiger partial charge in [-0.2, -0.15) is 0 Å². The van der Waals surface area contributed by atoms with E-state index in [-0.39, 0.29) is 25.2 Å². The minimum atomic E-state index is -0.484. The molecule has 0 heterocycles. The molecule has 0 aliphatic rings. The molecular weight excluding hydrogens is 484 g/mol. The van der Waals surface area contributed by atoms with Crippen molar-refractivity contribution in [3.05, 3.63) is 59.7 Å². The van der Waals surface area contributed by atoms with Crippen LogP contribution in [0.25, 0.3) is 0 Å². The molecule has 0 aromatic heterocycles. The number of hydrogen-bond donors (Lipinski definition) is 2. The van der Waals surface area contributed by atoms with E-state index in [1.165, 1.54) is 0 Å². The lowest BCUT2D eigenvalue weighted by Crippen LogP contribution is -2.66. The summed E-state index contributed by atoms with van der Waals surface area (Å²) in [5.74, 6) is 5.57. The van der Waals surface area contributed by atoms with Crippen LogP contribution in [0.4, 0.5) is 0 Å². The fourth-order valence-corrected chi connectivity index (χ4v) is 3.57. The standard InChI is InChI=1S/C30H36N2O6/c1-3-17-35-25-13-9-23(10-14-25)21-27(31)29(33)37-19-7-5-6-8-20-38-30(34)28(32)22-24-11-15-26(16-12-24)36-18-4-2/h1-2,9-16,27-28H,5-8,17-22,31-32H2/p+2. The van der Waals surface area contributed by atoms with E-state index in [1.54, 1.807) is 0 Å². The van der Waals surface area contributed by atoms with Crippen molar-refractivity contribution in [1.82, 2.24) is 0 Å². The van der Waals surface area contributed by atoms with E-state index in [2.05, 4.69) is 23.3 Å². The molecule has 2 aromatic carbocycles. The number of rotatable bonds is 17. The summed E-state index contributed by atoms with van der Waals surface area (Å²) in [6, 6.07) is 13.8. The van der Waals surface area contributed by atoms with E-state index in [1.807, 2.05) is 48.5 Å². The average molecular weight is 523 g/mol. The normalized spacial score (nSPS) is 11.9. The molecule has 2 aromatic rings. The van der Waals surface area contributed by atoms with E-state index in [9.17, 15) is 9.59 Å². The highest BCUT2D eigenvalue weighted by Gasteiger charge is 2.20. The molecule has 0 saturated carbocycles. The smallest absolute Gasteiger partial charge is 0.365 e. The summed E-state index contributed by atoms with van der Waals surface area (Å²) in [4.78, 5) is 24.4. The molecule has 0 spiro atoms. The molecule has 0 saturated heterocycles. The first-order valence-corrected chi connectivity index (χ1v) is 12.7. The highest BCUT2D eigenvalue weighted by molar-refractivity contribution is 5.74. The minimum Gasteiger partial charge on any atom is -0.481 e. The Hall–Kier alpha value is -3.98. The van der Waals surface area contributed by atoms with E-state index < -0.39 is 12.1 Å². The summed E-state index contributed by atoms with van der Waals surface area (Å²) in [7, 11) is 0. The third-order valence-electron chi connectivity index (χ3n) is 5.65. The monoisotopic (exact) mass is 522 g/mol. The highest BCUT2D eigenvalue weighted by Crippen LogP contribution is 2.14. The third-order valence-corrected chi connectivity index (χ3v) is 5.65. The van der Waals surface area contributed by atoms with Gasteiger partial charge in [-0.05, 0) is 61.1 Å². The van der Waals surface area contributed by atoms with Crippen molar-refractivity contribution < 1.29 is 40.0 Å². The maximum Gasteiger partial charge on any atom is 0.365 e. The summed E-state index contributed by atoms with van der Waals surface area (Å²) in [6.07, 6.45) is 14.6. The number of carbonyl (C=O) groups excluding carboxylic acids is 2. The molecule has 202 valence electrons. The predicted molar refractivity (Wildman–Crippen MR) is 143 cm³/mol. The molecule has 0 amide bonds. The SMILES string of the molecule is C#CCOc1ccc(CC([NH3+])C(=O)OCCCCCCOC(=O)C([NH3+])Cc2ccc(OCC#C)cc2)cc1. The fraction of sp³-hybridized carbons (Fsp3) is 0.400. The molecule has 0 bridgehead atoms. The van der Waals surface area contributed by atoms with E-state index >= 15 is 0 Å². The molecule has 2 atom stereocenters. The average Bonchev–Trinajstić information content (AvgIpc) is 2.93. The lowest BCUT2D eigenvalue weighted by Gasteiger charge is -2.11. The van der Waals surface area contributed by atoms with Crippen molar-refractivity contribution >= 4 is 11.9 Å². The second-order valence-electron chi connectivity index (χ2n) is 8.82. The zero-order chi connectivity index (χ0) is 27.6. The minimum absolute atomic E-state index is 0.215. The van der Waals surface area contributed by atoms with Gasteiger partial charge >= 0.3 is 11.9 Å². The van der Waals surface area contributed by atoms with Gasteiger partial charge < -0.3 is 30.4 Å². The third kappa shape index (κ3) is 11.8. The van der Waals surface area contributed by atoms with Crippen LogP contribution in [0.15, 0.2) is 48.5 Å². The molecule has 0 aliphatic heterocycles. The van der Waals surface area contributed by atoms with Gasteiger partial charge in [-0.25, -0.2) is 9.59 Å². The Labute approximate surface area is 225 Å². The lowest BCUT2D eigenvalue weighted by atomic mass is 10.1. The van der Waals surface area contributed by atoms with Crippen LogP contribution in [-0.4, -0.2) is 50.4 Å². The lowest BCUT2D eigenvalue weighted by molar-refractivity contribution is -0.408. The first kappa shape index (κ1) is 30.2. The molecule has 6 N–H and O–H groups in total. The number of ether oxygens (including phenoxy) is 4. The maximum absolute atomic E-state index is 12.2. The summed E-state index contributed by atoms with van der Waals surface area (Å²) in [5.41, 5.74) is 9.78. The second-order valence-corrected chi connectivity index (χ2v) is 8.82. The van der Waals surface area contributed by atoms with E-state index in [4.69, 9.17) is 31.8 Å². The van der Waals surface area contributed by atoms with Crippen molar-refractivity contribution in [2.24, 2.45) is 0 Å². The van der Waals surface area contributed by atoms with Crippen molar-refractivity contribution in [2.45, 2.75) is 50.6 Å². The highest BCUT2D eigenvalue weighted by atomic mass is 16.5. The number of benzene rings is 2. The number of hydrogen-bond acceptors (Lipinski definition) is 6. The first-order valence-electron chi connectivity index (χ1n) is 12.7. The summed E-state index contributed by atoms with van der Waals surface area (Å²) < 4.78 is 21.4. The van der Waals surface area contributed by atoms with Gasteiger partial charge in [0.2, 0.25) is 0 Å². The largest absolute Gasteiger partial charge is 0.481 e. The van der Waals surface area contributed by atoms with E-state index in [0.717, 1.165) is 36.8 Å². The number of esters is 2. The Balaban J connectivity index is 1.52. The van der Waals surface area contributed by atoms with Gasteiger partial charge in [0.25, 0.3) is 0 Å². The zero-order valence-electron chi connectivity index (χ0n) is 21.9. The maximum atomic E-state index is 12.2. The van der Waals surface area contributed by atoms with Crippen LogP contribution in [0.2, 0.25) is 0 Å². The number of carbonyl (C=O) groups is 2. The number of quaternary nitrogens is 2. The summed E-state index contributed by atoms with van der Waals surface area (Å²) in [6.45, 7) is 1.12. The zero-order valence-corrected chi connectivity index (χ0v) is 21.9. The Bertz CT molecular complexity index is 982. The summed E-state index contributed by atoms with van der Waals surface area (Å²) >= 11 is 0. The van der Waals surface area contributed by atoms with Gasteiger partial charge in [0.15, 0.2) is 12.1 Å². The van der Waals surface area contributed by atoms with Gasteiger partial charge in [-0.3, -0.25) is 0 Å². The van der Waals surface area contributed by atoms with Gasteiger partial charge in [-0.15, -0.1) is 12.8 Å². The number of unbranched alkanes of at least 4 members (excludes halogenated alkanes) is 3. The molecular formula is C30H38N2O6+2. The van der Waals surface area contributed by atoms with Crippen LogP contribution < -0.4 is 20.9 Å². The quantitative estimate of drug-likeness (QED) is 0.184. The molecule has 8 nitrogen and oxygen atoms in total. The number of terminal acetylenes is 2. The van der Waals surface area contributed by atoms with Crippen LogP contribution in [0.5, 0.6) is 11.5 Å². The van der Waals surface area contributed by atoms with Gasteiger partial charge in [-0.1, -0.05) is 36.1 Å². The van der Waals surface area contributed by atoms with Gasteiger partial charge in [0.1, 0.15) is 24.7 Å². The summed E-state index contributed by atoms with van der Waals surface area (Å²) in [5, 5.41) is 0. The molecule has 0 aliphatic carbocycles. The fourth-order valence-electron chi connectivity index (χ4n) is 3.57. The van der Waals surface area contributed by atoms with E-state index in [0.29, 0.717) is 37.6 Å². The molecule has 38 heavy (non-hydrogen) atoms. The Kier molecular flexibility index (Phi) is 13.9. The predicted octanol–water partition coefficient (Wildman–Crippen LogP) is 1.36. The first-order chi connectivity index (χ1) is 18.4. The Morgan fingerprint density at radius 3 is 1.37 bits per heavy atom. The van der Waals surface area contributed by atoms with Crippen molar-refractivity contribution in [2.75, 3.05) is 26.4 Å². The van der Waals surface area contributed by atoms with Crippen LogP contribution in [0, 0.1) is 24.7 Å². The Morgan fingerprint density at radius 2 is 1.03 bits per heavy atom. The van der Waals surface area contributed by atoms with Crippen LogP contribution in [0.3, 0.4) is 0 Å². The topological polar surface area (TPSA) is 126 Å². The van der Waals surface area contributed by atoms with Gasteiger partial charge in [0, 0.05) is 12.8 Å². The molecule has 8 heteroatoms. The van der Waals surface area contributed by atoms with Crippen LogP contribution >= 0.6 is 0 Å². The van der Waals surface area contributed by atoms with Crippen LogP contribution in [-0.2, 0) is 31.9 Å². The van der Waals surface area contributed by atoms with Gasteiger partial charge in [0.05, 0.1) is 13.2 Å².